The standard InChI is InChI=1S/C22H25Cl2N3O6/c1-6-32-14-9-11-16(33-7-2)21(18(14)24)27-26-19(12(3)28)22(29)25-20-15(31-5)10-8-13(30-4)17(20)23/h8-11,19H,6-7H2,1-5H3,(H,25,29). The lowest BCUT2D eigenvalue weighted by atomic mass is 10.2. The zero-order valence-corrected chi connectivity index (χ0v) is 20.4. The number of hydrogen-bond donors (Lipinski definition) is 1. The molecule has 0 radical (unpaired) electrons. The summed E-state index contributed by atoms with van der Waals surface area (Å²) in [6, 6.07) is 4.93. The van der Waals surface area contributed by atoms with Gasteiger partial charge >= 0.3 is 0 Å². The average molecular weight is 498 g/mol. The molecule has 11 heteroatoms. The Labute approximate surface area is 202 Å². The van der Waals surface area contributed by atoms with E-state index in [1.165, 1.54) is 21.1 Å². The Balaban J connectivity index is 2.42. The first-order valence-corrected chi connectivity index (χ1v) is 10.7. The first-order chi connectivity index (χ1) is 15.8. The minimum Gasteiger partial charge on any atom is -0.495 e. The van der Waals surface area contributed by atoms with Crippen LogP contribution < -0.4 is 24.3 Å². The van der Waals surface area contributed by atoms with E-state index < -0.39 is 17.7 Å². The quantitative estimate of drug-likeness (QED) is 0.324. The van der Waals surface area contributed by atoms with Crippen molar-refractivity contribution >= 4 is 46.3 Å². The number of ether oxygens (including phenoxy) is 4. The molecule has 1 atom stereocenters. The largest absolute Gasteiger partial charge is 0.495 e. The molecule has 178 valence electrons. The summed E-state index contributed by atoms with van der Waals surface area (Å²) in [5.41, 5.74) is 0.275. The maximum atomic E-state index is 12.9. The summed E-state index contributed by atoms with van der Waals surface area (Å²) in [5, 5.41) is 10.8. The molecule has 1 unspecified atom stereocenters. The maximum Gasteiger partial charge on any atom is 0.258 e. The fourth-order valence-corrected chi connectivity index (χ4v) is 3.30. The minimum atomic E-state index is -1.49. The fraction of sp³-hybridized carbons (Fsp3) is 0.364. The van der Waals surface area contributed by atoms with Gasteiger partial charge in [0.15, 0.2) is 5.78 Å². The molecule has 33 heavy (non-hydrogen) atoms. The number of azo groups is 1. The Kier molecular flexibility index (Phi) is 9.74. The molecule has 0 aliphatic rings. The predicted molar refractivity (Wildman–Crippen MR) is 126 cm³/mol. The van der Waals surface area contributed by atoms with Crippen LogP contribution in [0.25, 0.3) is 0 Å². The van der Waals surface area contributed by atoms with Crippen LogP contribution >= 0.6 is 23.2 Å². The van der Waals surface area contributed by atoms with E-state index in [2.05, 4.69) is 15.5 Å². The molecule has 0 saturated heterocycles. The van der Waals surface area contributed by atoms with Gasteiger partial charge in [0.1, 0.15) is 44.4 Å². The molecule has 0 aromatic heterocycles. The number of Topliss-reactive ketones (excluding diaryl/α,β-unsaturated/α-hetero) is 1. The first kappa shape index (κ1) is 26.2. The van der Waals surface area contributed by atoms with Crippen molar-refractivity contribution in [1.29, 1.82) is 0 Å². The van der Waals surface area contributed by atoms with Gasteiger partial charge < -0.3 is 24.3 Å². The van der Waals surface area contributed by atoms with E-state index in [1.54, 1.807) is 31.2 Å². The van der Waals surface area contributed by atoms with Crippen molar-refractivity contribution in [2.45, 2.75) is 26.8 Å². The molecular formula is C22H25Cl2N3O6. The van der Waals surface area contributed by atoms with E-state index >= 15 is 0 Å². The lowest BCUT2D eigenvalue weighted by molar-refractivity contribution is -0.126. The number of halogens is 2. The van der Waals surface area contributed by atoms with Crippen LogP contribution in [0.4, 0.5) is 11.4 Å². The number of hydrogen-bond acceptors (Lipinski definition) is 8. The average Bonchev–Trinajstić information content (AvgIpc) is 2.78. The number of ketones is 1. The number of methoxy groups -OCH3 is 2. The van der Waals surface area contributed by atoms with E-state index in [-0.39, 0.29) is 27.2 Å². The third-order valence-corrected chi connectivity index (χ3v) is 5.05. The summed E-state index contributed by atoms with van der Waals surface area (Å²) in [5.74, 6) is -0.0311. The van der Waals surface area contributed by atoms with Gasteiger partial charge in [0.2, 0.25) is 6.04 Å². The summed E-state index contributed by atoms with van der Waals surface area (Å²) in [6.45, 7) is 5.54. The lowest BCUT2D eigenvalue weighted by Gasteiger charge is -2.16. The second kappa shape index (κ2) is 12.3. The zero-order valence-electron chi connectivity index (χ0n) is 18.9. The summed E-state index contributed by atoms with van der Waals surface area (Å²) in [6.07, 6.45) is 0. The maximum absolute atomic E-state index is 12.9. The second-order valence-corrected chi connectivity index (χ2v) is 7.22. The van der Waals surface area contributed by atoms with Crippen LogP contribution in [0.5, 0.6) is 23.0 Å². The monoisotopic (exact) mass is 497 g/mol. The van der Waals surface area contributed by atoms with Crippen molar-refractivity contribution in [3.63, 3.8) is 0 Å². The molecule has 1 amide bonds. The van der Waals surface area contributed by atoms with Crippen LogP contribution in [0.1, 0.15) is 20.8 Å². The lowest BCUT2D eigenvalue weighted by Crippen LogP contribution is -2.32. The third kappa shape index (κ3) is 6.27. The van der Waals surface area contributed by atoms with Gasteiger partial charge in [-0.2, -0.15) is 5.11 Å². The number of amides is 1. The highest BCUT2D eigenvalue weighted by molar-refractivity contribution is 6.36. The molecule has 0 heterocycles. The number of anilines is 1. The van der Waals surface area contributed by atoms with Crippen molar-refractivity contribution in [3.05, 3.63) is 34.3 Å². The van der Waals surface area contributed by atoms with Crippen molar-refractivity contribution in [2.75, 3.05) is 32.8 Å². The van der Waals surface area contributed by atoms with Gasteiger partial charge in [0.05, 0.1) is 27.4 Å². The highest BCUT2D eigenvalue weighted by Gasteiger charge is 2.26. The van der Waals surface area contributed by atoms with Crippen LogP contribution in [0.3, 0.4) is 0 Å². The smallest absolute Gasteiger partial charge is 0.258 e. The number of carbonyl (C=O) groups excluding carboxylic acids is 2. The van der Waals surface area contributed by atoms with Crippen LogP contribution in [0.2, 0.25) is 10.0 Å². The molecule has 1 N–H and O–H groups in total. The number of nitrogens with one attached hydrogen (secondary N) is 1. The molecular weight excluding hydrogens is 473 g/mol. The van der Waals surface area contributed by atoms with E-state index in [9.17, 15) is 9.59 Å². The summed E-state index contributed by atoms with van der Waals surface area (Å²) >= 11 is 12.7. The Bertz CT molecular complexity index is 1050. The molecule has 0 spiro atoms. The van der Waals surface area contributed by atoms with E-state index in [0.717, 1.165) is 0 Å². The molecule has 0 saturated carbocycles. The van der Waals surface area contributed by atoms with Crippen LogP contribution in [-0.4, -0.2) is 45.2 Å². The van der Waals surface area contributed by atoms with Crippen molar-refractivity contribution in [1.82, 2.24) is 0 Å². The van der Waals surface area contributed by atoms with Crippen molar-refractivity contribution in [2.24, 2.45) is 10.2 Å². The molecule has 0 aliphatic heterocycles. The summed E-state index contributed by atoms with van der Waals surface area (Å²) in [7, 11) is 2.85. The van der Waals surface area contributed by atoms with Crippen LogP contribution in [0, 0.1) is 0 Å². The zero-order chi connectivity index (χ0) is 24.5. The Morgan fingerprint density at radius 1 is 0.909 bits per heavy atom. The van der Waals surface area contributed by atoms with Crippen LogP contribution in [-0.2, 0) is 9.59 Å². The van der Waals surface area contributed by atoms with Crippen molar-refractivity contribution < 1.29 is 28.5 Å². The minimum absolute atomic E-state index is 0.107. The Morgan fingerprint density at radius 2 is 1.45 bits per heavy atom. The molecule has 2 rings (SSSR count). The molecule has 0 bridgehead atoms. The van der Waals surface area contributed by atoms with Gasteiger partial charge in [0.25, 0.3) is 5.91 Å². The molecule has 2 aromatic rings. The SMILES string of the molecule is CCOc1ccc(OCC)c(N=NC(C(C)=O)C(=O)Nc2c(OC)ccc(OC)c2Cl)c1Cl. The fourth-order valence-electron chi connectivity index (χ4n) is 2.77. The van der Waals surface area contributed by atoms with Gasteiger partial charge in [-0.15, -0.1) is 5.11 Å². The van der Waals surface area contributed by atoms with Gasteiger partial charge in [0, 0.05) is 0 Å². The Hall–Kier alpha value is -3.04. The Morgan fingerprint density at radius 3 is 2.03 bits per heavy atom. The van der Waals surface area contributed by atoms with Gasteiger partial charge in [-0.3, -0.25) is 9.59 Å². The number of nitrogens with zero attached hydrogens (tertiary/aromatic N) is 2. The normalized spacial score (nSPS) is 11.7. The summed E-state index contributed by atoms with van der Waals surface area (Å²) in [4.78, 5) is 25.2. The molecule has 9 nitrogen and oxygen atoms in total. The number of benzene rings is 2. The van der Waals surface area contributed by atoms with Gasteiger partial charge in [-0.05, 0) is 45.0 Å². The first-order valence-electron chi connectivity index (χ1n) is 9.99. The van der Waals surface area contributed by atoms with Gasteiger partial charge in [-0.1, -0.05) is 23.2 Å². The predicted octanol–water partition coefficient (Wildman–Crippen LogP) is 5.49. The van der Waals surface area contributed by atoms with Crippen molar-refractivity contribution in [3.8, 4) is 23.0 Å². The third-order valence-electron chi connectivity index (χ3n) is 4.31. The topological polar surface area (TPSA) is 108 Å². The van der Waals surface area contributed by atoms with E-state index in [1.807, 2.05) is 6.92 Å². The van der Waals surface area contributed by atoms with Crippen LogP contribution in [0.15, 0.2) is 34.5 Å². The molecule has 0 aliphatic carbocycles. The summed E-state index contributed by atoms with van der Waals surface area (Å²) < 4.78 is 21.4. The number of carbonyl (C=O) groups is 2. The highest BCUT2D eigenvalue weighted by Crippen LogP contribution is 2.42. The van der Waals surface area contributed by atoms with Gasteiger partial charge in [-0.25, -0.2) is 0 Å². The highest BCUT2D eigenvalue weighted by atomic mass is 35.5. The molecule has 2 aromatic carbocycles. The number of rotatable bonds is 11. The van der Waals surface area contributed by atoms with E-state index in [4.69, 9.17) is 42.1 Å². The van der Waals surface area contributed by atoms with E-state index in [0.29, 0.717) is 30.5 Å². The molecule has 0 fully saturated rings. The second-order valence-electron chi connectivity index (χ2n) is 6.47.